The quantitative estimate of drug-likeness (QED) is 0.387. The number of H-pyrrole nitrogens is 1. The molecule has 0 aliphatic heterocycles. The number of phenols is 1. The van der Waals surface area contributed by atoms with Crippen LogP contribution in [0.15, 0.2) is 46.6 Å². The van der Waals surface area contributed by atoms with E-state index >= 15 is 0 Å². The van der Waals surface area contributed by atoms with Gasteiger partial charge in [-0.2, -0.15) is 0 Å². The highest BCUT2D eigenvalue weighted by atomic mass is 79.9. The van der Waals surface area contributed by atoms with Crippen molar-refractivity contribution in [3.63, 3.8) is 0 Å². The molecule has 0 bridgehead atoms. The predicted octanol–water partition coefficient (Wildman–Crippen LogP) is 5.32. The van der Waals surface area contributed by atoms with E-state index in [1.807, 2.05) is 25.4 Å². The van der Waals surface area contributed by atoms with Crippen molar-refractivity contribution in [1.82, 2.24) is 10.3 Å². The lowest BCUT2D eigenvalue weighted by Crippen LogP contribution is -2.14. The second-order valence-electron chi connectivity index (χ2n) is 7.04. The van der Waals surface area contributed by atoms with E-state index in [2.05, 4.69) is 41.5 Å². The van der Waals surface area contributed by atoms with Crippen LogP contribution in [-0.4, -0.2) is 23.7 Å². The summed E-state index contributed by atoms with van der Waals surface area (Å²) in [7, 11) is 1.95. The zero-order valence-electron chi connectivity index (χ0n) is 16.0. The fourth-order valence-electron chi connectivity index (χ4n) is 3.78. The third-order valence-corrected chi connectivity index (χ3v) is 6.07. The maximum atomic E-state index is 12.4. The van der Waals surface area contributed by atoms with Crippen molar-refractivity contribution in [3.05, 3.63) is 63.3 Å². The van der Waals surface area contributed by atoms with Crippen molar-refractivity contribution in [2.45, 2.75) is 19.8 Å². The number of hydrogen-bond acceptors (Lipinski definition) is 4. The molecule has 2 aromatic carbocycles. The molecule has 0 aliphatic carbocycles. The van der Waals surface area contributed by atoms with Crippen molar-refractivity contribution >= 4 is 49.3 Å². The molecule has 4 nitrogen and oxygen atoms in total. The van der Waals surface area contributed by atoms with E-state index in [9.17, 15) is 9.90 Å². The molecule has 1 unspecified atom stereocenters. The minimum absolute atomic E-state index is 0. The lowest BCUT2D eigenvalue weighted by atomic mass is 9.93. The molecule has 0 fully saturated rings. The number of aryl methyl sites for hydroxylation is 1. The Bertz CT molecular complexity index is 1200. The van der Waals surface area contributed by atoms with Gasteiger partial charge in [-0.3, -0.25) is 4.79 Å². The van der Waals surface area contributed by atoms with Gasteiger partial charge in [0.15, 0.2) is 0 Å². The van der Waals surface area contributed by atoms with Gasteiger partial charge in [0.25, 0.3) is 5.56 Å². The van der Waals surface area contributed by atoms with E-state index < -0.39 is 0 Å². The highest BCUT2D eigenvalue weighted by Gasteiger charge is 2.17. The van der Waals surface area contributed by atoms with Crippen LogP contribution >= 0.6 is 28.3 Å². The van der Waals surface area contributed by atoms with E-state index in [0.29, 0.717) is 10.6 Å². The van der Waals surface area contributed by atoms with Gasteiger partial charge in [0.2, 0.25) is 0 Å². The number of nitrogens with one attached hydrogen (secondary N) is 2. The fourth-order valence-corrected chi connectivity index (χ4v) is 4.57. The minimum Gasteiger partial charge on any atom is -0.507 e. The Morgan fingerprint density at radius 3 is 2.61 bits per heavy atom. The topological polar surface area (TPSA) is 65.1 Å². The Hall–Kier alpha value is -2.15. The zero-order valence-corrected chi connectivity index (χ0v) is 18.5. The molecule has 3 N–H and O–H groups in total. The Labute approximate surface area is 178 Å². The molecule has 0 saturated carbocycles. The Morgan fingerprint density at radius 2 is 1.93 bits per heavy atom. The summed E-state index contributed by atoms with van der Waals surface area (Å²) < 4.78 is 0.688. The molecule has 0 radical (unpaired) electrons. The predicted molar refractivity (Wildman–Crippen MR) is 124 cm³/mol. The summed E-state index contributed by atoms with van der Waals surface area (Å²) in [5.74, 6) is 0.642. The number of fused-ring (bicyclic) bond motifs is 3. The van der Waals surface area contributed by atoms with Crippen molar-refractivity contribution in [2.24, 2.45) is 0 Å². The second kappa shape index (κ2) is 8.07. The smallest absolute Gasteiger partial charge is 0.266 e. The third kappa shape index (κ3) is 3.36. The average molecular weight is 459 g/mol. The molecule has 6 heteroatoms. The molecule has 0 aliphatic rings. The number of phenolic OH excluding ortho intramolecular Hbond substituents is 1. The first-order valence-corrected chi connectivity index (χ1v) is 9.90. The summed E-state index contributed by atoms with van der Waals surface area (Å²) in [6.07, 6.45) is 0. The van der Waals surface area contributed by atoms with Crippen molar-refractivity contribution in [2.75, 3.05) is 13.6 Å². The van der Waals surface area contributed by atoms with Crippen molar-refractivity contribution in [1.29, 1.82) is 0 Å². The van der Waals surface area contributed by atoms with Crippen LogP contribution in [0.5, 0.6) is 5.75 Å². The highest BCUT2D eigenvalue weighted by molar-refractivity contribution is 8.93. The first-order chi connectivity index (χ1) is 13.0. The number of aromatic nitrogens is 1. The highest BCUT2D eigenvalue weighted by Crippen LogP contribution is 2.41. The summed E-state index contributed by atoms with van der Waals surface area (Å²) in [6, 6.07) is 12.0. The van der Waals surface area contributed by atoms with Crippen LogP contribution in [0.3, 0.4) is 0 Å². The average Bonchev–Trinajstić information content (AvgIpc) is 3.14. The standard InChI is InChI=1S/C22H22N2O2S.BrH/c1-12-10-17(25)18(15-6-4-14(5-7-15)13(2)11-23-3)19-16-8-9-27-21(16)22(26)24-20(12)19;/h4-10,13,23,25H,11H2,1-3H3,(H,24,26);1H. The molecule has 28 heavy (non-hydrogen) atoms. The fraction of sp³-hybridized carbons (Fsp3) is 0.227. The molecule has 0 saturated heterocycles. The SMILES string of the molecule is Br.CNCC(C)c1ccc(-c2c(O)cc(C)c3[nH]c(=O)c4sccc4c23)cc1. The van der Waals surface area contributed by atoms with E-state index in [4.69, 9.17) is 0 Å². The number of halogens is 1. The van der Waals surface area contributed by atoms with Gasteiger partial charge in [0.1, 0.15) is 10.4 Å². The monoisotopic (exact) mass is 458 g/mol. The molecule has 0 amide bonds. The first-order valence-electron chi connectivity index (χ1n) is 9.02. The van der Waals surface area contributed by atoms with E-state index in [1.54, 1.807) is 6.07 Å². The molecule has 4 aromatic rings. The van der Waals surface area contributed by atoms with Crippen molar-refractivity contribution < 1.29 is 5.11 Å². The van der Waals surface area contributed by atoms with Gasteiger partial charge in [-0.05, 0) is 54.1 Å². The molecule has 146 valence electrons. The molecule has 4 rings (SSSR count). The zero-order chi connectivity index (χ0) is 19.1. The summed E-state index contributed by atoms with van der Waals surface area (Å²) in [5.41, 5.74) is 4.52. The maximum absolute atomic E-state index is 12.4. The van der Waals surface area contributed by atoms with Gasteiger partial charge in [-0.25, -0.2) is 0 Å². The third-order valence-electron chi connectivity index (χ3n) is 5.16. The number of thiophene rings is 1. The van der Waals surface area contributed by atoms with E-state index in [0.717, 1.165) is 39.5 Å². The Morgan fingerprint density at radius 1 is 1.21 bits per heavy atom. The van der Waals surface area contributed by atoms with Crippen LogP contribution < -0.4 is 10.9 Å². The van der Waals surface area contributed by atoms with Crippen LogP contribution in [0.25, 0.3) is 32.1 Å². The number of rotatable bonds is 4. The van der Waals surface area contributed by atoms with Gasteiger partial charge < -0.3 is 15.4 Å². The molecular weight excluding hydrogens is 436 g/mol. The Kier molecular flexibility index (Phi) is 5.93. The van der Waals surface area contributed by atoms with Gasteiger partial charge in [-0.1, -0.05) is 31.2 Å². The van der Waals surface area contributed by atoms with Gasteiger partial charge in [-0.15, -0.1) is 28.3 Å². The normalized spacial score (nSPS) is 12.2. The minimum atomic E-state index is -0.0801. The summed E-state index contributed by atoms with van der Waals surface area (Å²) in [4.78, 5) is 15.4. The number of pyridine rings is 1. The molecule has 2 heterocycles. The van der Waals surface area contributed by atoms with Crippen LogP contribution in [0, 0.1) is 6.92 Å². The number of aromatic amines is 1. The number of aromatic hydroxyl groups is 1. The molecular formula is C22H23BrN2O2S. The molecule has 2 aromatic heterocycles. The second-order valence-corrected chi connectivity index (χ2v) is 7.95. The number of likely N-dealkylation sites (N-methyl/N-ethyl adjacent to an activating group) is 1. The lowest BCUT2D eigenvalue weighted by molar-refractivity contribution is 0.477. The molecule has 1 atom stereocenters. The number of benzene rings is 2. The molecule has 0 spiro atoms. The van der Waals surface area contributed by atoms with Gasteiger partial charge >= 0.3 is 0 Å². The maximum Gasteiger partial charge on any atom is 0.266 e. The summed E-state index contributed by atoms with van der Waals surface area (Å²) in [5, 5.41) is 17.7. The van der Waals surface area contributed by atoms with Crippen LogP contribution in [-0.2, 0) is 0 Å². The summed E-state index contributed by atoms with van der Waals surface area (Å²) >= 11 is 1.42. The van der Waals surface area contributed by atoms with Crippen molar-refractivity contribution in [3.8, 4) is 16.9 Å². The van der Waals surface area contributed by atoms with Crippen LogP contribution in [0.1, 0.15) is 24.0 Å². The number of hydrogen-bond donors (Lipinski definition) is 3. The van der Waals surface area contributed by atoms with E-state index in [1.165, 1.54) is 16.9 Å². The van der Waals surface area contributed by atoms with Gasteiger partial charge in [0, 0.05) is 22.9 Å². The largest absolute Gasteiger partial charge is 0.507 e. The lowest BCUT2D eigenvalue weighted by Gasteiger charge is -2.15. The Balaban J connectivity index is 0.00000225. The summed E-state index contributed by atoms with van der Waals surface area (Å²) in [6.45, 7) is 5.00. The van der Waals surface area contributed by atoms with E-state index in [-0.39, 0.29) is 28.3 Å². The van der Waals surface area contributed by atoms with Crippen LogP contribution in [0.4, 0.5) is 0 Å². The van der Waals surface area contributed by atoms with Crippen LogP contribution in [0.2, 0.25) is 0 Å². The van der Waals surface area contributed by atoms with Gasteiger partial charge in [0.05, 0.1) is 5.52 Å². The first kappa shape index (κ1) is 20.6.